The Morgan fingerprint density at radius 3 is 2.42 bits per heavy atom. The Balaban J connectivity index is 0.00000324. The molecule has 0 spiro atoms. The minimum atomic E-state index is -3.05. The normalized spacial score (nSPS) is 12.3. The first-order valence-corrected chi connectivity index (χ1v) is 7.69. The van der Waals surface area contributed by atoms with E-state index in [0.29, 0.717) is 0 Å². The highest BCUT2D eigenvalue weighted by Gasteiger charge is 2.11. The molecular formula is C12H19ClN2O3S. The summed E-state index contributed by atoms with van der Waals surface area (Å²) in [6, 6.07) is 8.93. The van der Waals surface area contributed by atoms with Crippen LogP contribution in [0.2, 0.25) is 0 Å². The highest BCUT2D eigenvalue weighted by atomic mass is 35.5. The molecule has 1 aromatic rings. The number of hydrogen-bond donors (Lipinski definition) is 2. The van der Waals surface area contributed by atoms with E-state index < -0.39 is 9.84 Å². The fourth-order valence-corrected chi connectivity index (χ4v) is 1.94. The van der Waals surface area contributed by atoms with Crippen molar-refractivity contribution in [3.63, 3.8) is 0 Å². The van der Waals surface area contributed by atoms with Gasteiger partial charge in [-0.15, -0.1) is 12.4 Å². The predicted octanol–water partition coefficient (Wildman–Crippen LogP) is 0.659. The van der Waals surface area contributed by atoms with Crippen LogP contribution in [0, 0.1) is 0 Å². The summed E-state index contributed by atoms with van der Waals surface area (Å²) in [7, 11) is -3.05. The van der Waals surface area contributed by atoms with Crippen molar-refractivity contribution in [2.45, 2.75) is 12.5 Å². The van der Waals surface area contributed by atoms with Crippen molar-refractivity contribution < 1.29 is 13.2 Å². The molecule has 108 valence electrons. The van der Waals surface area contributed by atoms with E-state index in [1.807, 2.05) is 30.3 Å². The monoisotopic (exact) mass is 306 g/mol. The first-order valence-electron chi connectivity index (χ1n) is 5.63. The molecule has 0 aliphatic carbocycles. The van der Waals surface area contributed by atoms with Gasteiger partial charge in [-0.2, -0.15) is 0 Å². The number of sulfone groups is 1. The molecule has 0 bridgehead atoms. The third kappa shape index (κ3) is 7.81. The Morgan fingerprint density at radius 1 is 1.32 bits per heavy atom. The molecule has 1 atom stereocenters. The van der Waals surface area contributed by atoms with Crippen molar-refractivity contribution in [3.8, 4) is 0 Å². The van der Waals surface area contributed by atoms with Crippen LogP contribution in [0.3, 0.4) is 0 Å². The number of nitrogens with two attached hydrogens (primary N) is 1. The van der Waals surface area contributed by atoms with Crippen LogP contribution in [0.4, 0.5) is 0 Å². The summed E-state index contributed by atoms with van der Waals surface area (Å²) >= 11 is 0. The second kappa shape index (κ2) is 8.14. The minimum Gasteiger partial charge on any atom is -0.355 e. The van der Waals surface area contributed by atoms with Crippen molar-refractivity contribution in [1.82, 2.24) is 5.32 Å². The van der Waals surface area contributed by atoms with Crippen LogP contribution < -0.4 is 11.1 Å². The van der Waals surface area contributed by atoms with Crippen molar-refractivity contribution in [1.29, 1.82) is 0 Å². The lowest BCUT2D eigenvalue weighted by Crippen LogP contribution is -2.31. The van der Waals surface area contributed by atoms with E-state index in [2.05, 4.69) is 5.32 Å². The first-order chi connectivity index (χ1) is 8.38. The molecular weight excluding hydrogens is 288 g/mol. The number of carbonyl (C=O) groups is 1. The number of carbonyl (C=O) groups excluding carboxylic acids is 1. The zero-order chi connectivity index (χ0) is 13.6. The molecule has 0 saturated carbocycles. The molecule has 1 rings (SSSR count). The lowest BCUT2D eigenvalue weighted by Gasteiger charge is -2.11. The lowest BCUT2D eigenvalue weighted by atomic mass is 10.0. The molecule has 5 nitrogen and oxygen atoms in total. The average molecular weight is 307 g/mol. The summed E-state index contributed by atoms with van der Waals surface area (Å²) in [5, 5.41) is 2.54. The van der Waals surface area contributed by atoms with Crippen molar-refractivity contribution >= 4 is 28.2 Å². The third-order valence-electron chi connectivity index (χ3n) is 2.43. The SMILES string of the molecule is CS(=O)(=O)CCNC(=O)CC(N)c1ccccc1.Cl. The minimum absolute atomic E-state index is 0. The number of hydrogen-bond acceptors (Lipinski definition) is 4. The second-order valence-electron chi connectivity index (χ2n) is 4.20. The molecule has 0 heterocycles. The Labute approximate surface area is 119 Å². The Bertz CT molecular complexity index is 491. The van der Waals surface area contributed by atoms with Crippen LogP contribution in [0.25, 0.3) is 0 Å². The zero-order valence-corrected chi connectivity index (χ0v) is 12.3. The summed E-state index contributed by atoms with van der Waals surface area (Å²) in [6.45, 7) is 0.124. The van der Waals surface area contributed by atoms with Gasteiger partial charge in [0.2, 0.25) is 5.91 Å². The van der Waals surface area contributed by atoms with E-state index >= 15 is 0 Å². The number of benzene rings is 1. The molecule has 0 saturated heterocycles. The van der Waals surface area contributed by atoms with Crippen LogP contribution in [-0.4, -0.2) is 32.9 Å². The van der Waals surface area contributed by atoms with Gasteiger partial charge < -0.3 is 11.1 Å². The number of amides is 1. The van der Waals surface area contributed by atoms with Crippen molar-refractivity contribution in [3.05, 3.63) is 35.9 Å². The summed E-state index contributed by atoms with van der Waals surface area (Å²) in [5.41, 5.74) is 6.76. The van der Waals surface area contributed by atoms with E-state index in [-0.39, 0.29) is 43.1 Å². The first kappa shape index (κ1) is 17.9. The van der Waals surface area contributed by atoms with Crippen molar-refractivity contribution in [2.24, 2.45) is 5.73 Å². The van der Waals surface area contributed by atoms with E-state index in [1.54, 1.807) is 0 Å². The molecule has 19 heavy (non-hydrogen) atoms. The number of halogens is 1. The topological polar surface area (TPSA) is 89.3 Å². The van der Waals surface area contributed by atoms with E-state index in [4.69, 9.17) is 5.73 Å². The van der Waals surface area contributed by atoms with Gasteiger partial charge in [-0.3, -0.25) is 4.79 Å². The maximum Gasteiger partial charge on any atom is 0.221 e. The number of rotatable bonds is 6. The van der Waals surface area contributed by atoms with Gasteiger partial charge in [-0.25, -0.2) is 8.42 Å². The van der Waals surface area contributed by atoms with Gasteiger partial charge in [-0.05, 0) is 5.56 Å². The fraction of sp³-hybridized carbons (Fsp3) is 0.417. The Kier molecular flexibility index (Phi) is 7.66. The molecule has 1 unspecified atom stereocenters. The van der Waals surface area contributed by atoms with Crippen LogP contribution >= 0.6 is 12.4 Å². The average Bonchev–Trinajstić information content (AvgIpc) is 2.28. The highest BCUT2D eigenvalue weighted by molar-refractivity contribution is 7.90. The molecule has 0 radical (unpaired) electrons. The lowest BCUT2D eigenvalue weighted by molar-refractivity contribution is -0.121. The van der Waals surface area contributed by atoms with Gasteiger partial charge in [0.25, 0.3) is 0 Å². The standard InChI is InChI=1S/C12H18N2O3S.ClH/c1-18(16,17)8-7-14-12(15)9-11(13)10-5-3-2-4-6-10;/h2-6,11H,7-9,13H2,1H3,(H,14,15);1H. The molecule has 0 aliphatic heterocycles. The summed E-state index contributed by atoms with van der Waals surface area (Å²) in [6.07, 6.45) is 1.28. The number of nitrogens with one attached hydrogen (secondary N) is 1. The van der Waals surface area contributed by atoms with Crippen LogP contribution in [0.1, 0.15) is 18.0 Å². The second-order valence-corrected chi connectivity index (χ2v) is 6.46. The molecule has 0 aliphatic rings. The summed E-state index contributed by atoms with van der Waals surface area (Å²) in [5.74, 6) is -0.297. The molecule has 1 aromatic carbocycles. The molecule has 0 fully saturated rings. The van der Waals surface area contributed by atoms with Crippen LogP contribution in [0.15, 0.2) is 30.3 Å². The van der Waals surface area contributed by atoms with Crippen LogP contribution in [-0.2, 0) is 14.6 Å². The third-order valence-corrected chi connectivity index (χ3v) is 3.37. The zero-order valence-electron chi connectivity index (χ0n) is 10.7. The smallest absolute Gasteiger partial charge is 0.221 e. The maximum atomic E-state index is 11.5. The predicted molar refractivity (Wildman–Crippen MR) is 78.0 cm³/mol. The molecule has 1 amide bonds. The summed E-state index contributed by atoms with van der Waals surface area (Å²) in [4.78, 5) is 11.5. The Morgan fingerprint density at radius 2 is 1.89 bits per heavy atom. The van der Waals surface area contributed by atoms with E-state index in [1.165, 1.54) is 0 Å². The highest BCUT2D eigenvalue weighted by Crippen LogP contribution is 2.12. The molecule has 7 heteroatoms. The molecule has 0 aromatic heterocycles. The van der Waals surface area contributed by atoms with Gasteiger partial charge in [0.1, 0.15) is 9.84 Å². The van der Waals surface area contributed by atoms with E-state index in [0.717, 1.165) is 11.8 Å². The fourth-order valence-electron chi connectivity index (χ4n) is 1.47. The van der Waals surface area contributed by atoms with Gasteiger partial charge in [0.15, 0.2) is 0 Å². The van der Waals surface area contributed by atoms with Gasteiger partial charge in [0.05, 0.1) is 5.75 Å². The largest absolute Gasteiger partial charge is 0.355 e. The maximum absolute atomic E-state index is 11.5. The van der Waals surface area contributed by atoms with Crippen molar-refractivity contribution in [2.75, 3.05) is 18.6 Å². The quantitative estimate of drug-likeness (QED) is 0.808. The van der Waals surface area contributed by atoms with Crippen LogP contribution in [0.5, 0.6) is 0 Å². The van der Waals surface area contributed by atoms with Gasteiger partial charge in [0, 0.05) is 25.3 Å². The van der Waals surface area contributed by atoms with Gasteiger partial charge in [-0.1, -0.05) is 30.3 Å². The Hall–Kier alpha value is -1.11. The van der Waals surface area contributed by atoms with E-state index in [9.17, 15) is 13.2 Å². The van der Waals surface area contributed by atoms with Gasteiger partial charge >= 0.3 is 0 Å². The molecule has 3 N–H and O–H groups in total. The summed E-state index contributed by atoms with van der Waals surface area (Å²) < 4.78 is 21.8.